The van der Waals surface area contributed by atoms with Gasteiger partial charge in [-0.25, -0.2) is 9.97 Å². The molecule has 13 heteroatoms. The van der Waals surface area contributed by atoms with Crippen molar-refractivity contribution in [2.45, 2.75) is 13.1 Å². The maximum absolute atomic E-state index is 13.4. The summed E-state index contributed by atoms with van der Waals surface area (Å²) in [4.78, 5) is 41.7. The number of alkyl halides is 3. The first-order valence-corrected chi connectivity index (χ1v) is 13.0. The average molecular weight is 568 g/mol. The molecule has 0 bridgehead atoms. The summed E-state index contributed by atoms with van der Waals surface area (Å²) < 4.78 is 46.0. The molecule has 1 amide bonds. The van der Waals surface area contributed by atoms with Gasteiger partial charge < -0.3 is 15.4 Å². The van der Waals surface area contributed by atoms with Crippen molar-refractivity contribution in [3.63, 3.8) is 0 Å². The second-order valence-corrected chi connectivity index (χ2v) is 9.67. The highest BCUT2D eigenvalue weighted by Gasteiger charge is 2.31. The Labute approximate surface area is 233 Å². The van der Waals surface area contributed by atoms with Crippen LogP contribution in [0.15, 0.2) is 53.5 Å². The van der Waals surface area contributed by atoms with Crippen molar-refractivity contribution in [2.24, 2.45) is 7.05 Å². The molecule has 1 aliphatic heterocycles. The lowest BCUT2D eigenvalue weighted by molar-refractivity contribution is -0.137. The Hall–Kier alpha value is -4.36. The summed E-state index contributed by atoms with van der Waals surface area (Å²) in [5.74, 6) is -0.335. The summed E-state index contributed by atoms with van der Waals surface area (Å²) in [7, 11) is 1.59. The maximum atomic E-state index is 13.4. The van der Waals surface area contributed by atoms with Crippen LogP contribution in [0.2, 0.25) is 0 Å². The number of aryl methyl sites for hydroxylation is 2. The number of ether oxygens (including phenoxy) is 1. The molecule has 0 aliphatic carbocycles. The number of hydrogen-bond donors (Lipinski definition) is 2. The zero-order valence-electron chi connectivity index (χ0n) is 22.5. The SMILES string of the molecule is Cc1ccc(NC(=O)c2cccc(C(F)(F)F)c2)cc1-c1nc2cnc(NCCN3CCOCC3)nc2n(C)c1=O. The van der Waals surface area contributed by atoms with Gasteiger partial charge >= 0.3 is 6.18 Å². The van der Waals surface area contributed by atoms with E-state index in [1.54, 1.807) is 32.2 Å². The first-order chi connectivity index (χ1) is 19.6. The van der Waals surface area contributed by atoms with Gasteiger partial charge in [-0.05, 0) is 42.8 Å². The maximum Gasteiger partial charge on any atom is 0.416 e. The molecule has 10 nitrogen and oxygen atoms in total. The molecule has 2 aromatic carbocycles. The number of anilines is 2. The topological polar surface area (TPSA) is 114 Å². The molecule has 1 fully saturated rings. The van der Waals surface area contributed by atoms with E-state index >= 15 is 0 Å². The number of morpholine rings is 1. The van der Waals surface area contributed by atoms with Crippen molar-refractivity contribution in [3.8, 4) is 11.3 Å². The van der Waals surface area contributed by atoms with Gasteiger partial charge in [0.1, 0.15) is 11.2 Å². The lowest BCUT2D eigenvalue weighted by Gasteiger charge is -2.26. The van der Waals surface area contributed by atoms with Crippen molar-refractivity contribution >= 4 is 28.7 Å². The van der Waals surface area contributed by atoms with Gasteiger partial charge in [0.15, 0.2) is 5.65 Å². The summed E-state index contributed by atoms with van der Waals surface area (Å²) >= 11 is 0. The van der Waals surface area contributed by atoms with Crippen LogP contribution in [0.1, 0.15) is 21.5 Å². The van der Waals surface area contributed by atoms with Crippen molar-refractivity contribution in [1.82, 2.24) is 24.4 Å². The molecule has 4 aromatic rings. The monoisotopic (exact) mass is 567 g/mol. The van der Waals surface area contributed by atoms with E-state index in [1.807, 2.05) is 0 Å². The van der Waals surface area contributed by atoms with E-state index in [9.17, 15) is 22.8 Å². The van der Waals surface area contributed by atoms with Crippen LogP contribution >= 0.6 is 0 Å². The van der Waals surface area contributed by atoms with E-state index in [4.69, 9.17) is 4.74 Å². The molecule has 1 saturated heterocycles. The minimum Gasteiger partial charge on any atom is -0.379 e. The fourth-order valence-electron chi connectivity index (χ4n) is 4.52. The number of aromatic nitrogens is 4. The third-order valence-corrected chi connectivity index (χ3v) is 6.82. The molecule has 1 aliphatic rings. The van der Waals surface area contributed by atoms with Crippen LogP contribution in [0.25, 0.3) is 22.4 Å². The van der Waals surface area contributed by atoms with Crippen LogP contribution in [0.4, 0.5) is 24.8 Å². The molecular formula is C28H28F3N7O3. The first-order valence-electron chi connectivity index (χ1n) is 13.0. The molecule has 2 aromatic heterocycles. The summed E-state index contributed by atoms with van der Waals surface area (Å²) in [5, 5.41) is 5.80. The summed E-state index contributed by atoms with van der Waals surface area (Å²) in [6.45, 7) is 6.40. The lowest BCUT2D eigenvalue weighted by Crippen LogP contribution is -2.39. The van der Waals surface area contributed by atoms with Crippen molar-refractivity contribution in [2.75, 3.05) is 50.0 Å². The Bertz CT molecular complexity index is 1650. The Balaban J connectivity index is 1.38. The van der Waals surface area contributed by atoms with Crippen LogP contribution in [0.5, 0.6) is 0 Å². The Morgan fingerprint density at radius 3 is 2.63 bits per heavy atom. The van der Waals surface area contributed by atoms with E-state index in [-0.39, 0.29) is 11.3 Å². The standard InChI is InChI=1S/C28H28F3N7O3/c1-17-6-7-20(34-25(39)18-4-3-5-19(14-18)28(29,30)31)15-21(17)23-26(40)37(2)24-22(35-23)16-33-27(36-24)32-8-9-38-10-12-41-13-11-38/h3-7,14-16H,8-13H2,1-2H3,(H,34,39)(H,32,33,36). The fourth-order valence-corrected chi connectivity index (χ4v) is 4.52. The van der Waals surface area contributed by atoms with Gasteiger partial charge in [-0.3, -0.25) is 19.1 Å². The van der Waals surface area contributed by atoms with Crippen LogP contribution in [-0.2, 0) is 18.0 Å². The van der Waals surface area contributed by atoms with E-state index in [0.29, 0.717) is 53.7 Å². The largest absolute Gasteiger partial charge is 0.416 e. The number of fused-ring (bicyclic) bond motifs is 1. The highest BCUT2D eigenvalue weighted by atomic mass is 19.4. The first kappa shape index (κ1) is 28.2. The van der Waals surface area contributed by atoms with Crippen LogP contribution < -0.4 is 16.2 Å². The minimum atomic E-state index is -4.57. The molecular weight excluding hydrogens is 539 g/mol. The Morgan fingerprint density at radius 1 is 1.10 bits per heavy atom. The quantitative estimate of drug-likeness (QED) is 0.348. The summed E-state index contributed by atoms with van der Waals surface area (Å²) in [6.07, 6.45) is -3.03. The number of carbonyl (C=O) groups excluding carboxylic acids is 1. The zero-order valence-corrected chi connectivity index (χ0v) is 22.5. The predicted molar refractivity (Wildman–Crippen MR) is 148 cm³/mol. The summed E-state index contributed by atoms with van der Waals surface area (Å²) in [6, 6.07) is 9.03. The normalized spacial score (nSPS) is 14.3. The van der Waals surface area contributed by atoms with E-state index in [1.165, 1.54) is 22.9 Å². The van der Waals surface area contributed by atoms with Gasteiger partial charge in [0.25, 0.3) is 11.5 Å². The number of rotatable bonds is 7. The van der Waals surface area contributed by atoms with Gasteiger partial charge in [-0.1, -0.05) is 12.1 Å². The molecule has 0 atom stereocenters. The highest BCUT2D eigenvalue weighted by Crippen LogP contribution is 2.30. The zero-order chi connectivity index (χ0) is 29.1. The van der Waals surface area contributed by atoms with Crippen LogP contribution in [0.3, 0.4) is 0 Å². The van der Waals surface area contributed by atoms with E-state index < -0.39 is 23.2 Å². The fraction of sp³-hybridized carbons (Fsp3) is 0.321. The van der Waals surface area contributed by atoms with E-state index in [2.05, 4.69) is 30.5 Å². The van der Waals surface area contributed by atoms with Crippen LogP contribution in [-0.4, -0.2) is 69.7 Å². The molecule has 214 valence electrons. The Morgan fingerprint density at radius 2 is 1.88 bits per heavy atom. The molecule has 0 saturated carbocycles. The molecule has 41 heavy (non-hydrogen) atoms. The van der Waals surface area contributed by atoms with Gasteiger partial charge in [-0.15, -0.1) is 0 Å². The number of nitrogens with one attached hydrogen (secondary N) is 2. The second-order valence-electron chi connectivity index (χ2n) is 9.67. The average Bonchev–Trinajstić information content (AvgIpc) is 2.96. The Kier molecular flexibility index (Phi) is 7.99. The van der Waals surface area contributed by atoms with Gasteiger partial charge in [0.2, 0.25) is 5.95 Å². The van der Waals surface area contributed by atoms with Gasteiger partial charge in [0.05, 0.1) is 25.0 Å². The van der Waals surface area contributed by atoms with Crippen LogP contribution in [0, 0.1) is 6.92 Å². The molecule has 2 N–H and O–H groups in total. The molecule has 3 heterocycles. The van der Waals surface area contributed by atoms with Crippen molar-refractivity contribution in [1.29, 1.82) is 0 Å². The number of nitrogens with zero attached hydrogens (tertiary/aromatic N) is 5. The van der Waals surface area contributed by atoms with Gasteiger partial charge in [0, 0.05) is 50.0 Å². The smallest absolute Gasteiger partial charge is 0.379 e. The van der Waals surface area contributed by atoms with Gasteiger partial charge in [-0.2, -0.15) is 18.2 Å². The third kappa shape index (κ3) is 6.36. The minimum absolute atomic E-state index is 0.129. The molecule has 0 spiro atoms. The molecule has 5 rings (SSSR count). The number of amides is 1. The molecule has 0 unspecified atom stereocenters. The lowest BCUT2D eigenvalue weighted by atomic mass is 10.0. The van der Waals surface area contributed by atoms with Crippen molar-refractivity contribution in [3.05, 3.63) is 75.7 Å². The highest BCUT2D eigenvalue weighted by molar-refractivity contribution is 6.04. The predicted octanol–water partition coefficient (Wildman–Crippen LogP) is 3.71. The number of benzene rings is 2. The van der Waals surface area contributed by atoms with E-state index in [0.717, 1.165) is 31.8 Å². The van der Waals surface area contributed by atoms with Crippen molar-refractivity contribution < 1.29 is 22.7 Å². The third-order valence-electron chi connectivity index (χ3n) is 6.82. The number of halogens is 3. The summed E-state index contributed by atoms with van der Waals surface area (Å²) in [5.41, 5.74) is 0.894. The number of carbonyl (C=O) groups is 1. The number of hydrogen-bond acceptors (Lipinski definition) is 8. The molecule has 0 radical (unpaired) electrons. The second kappa shape index (κ2) is 11.6.